The highest BCUT2D eigenvalue weighted by molar-refractivity contribution is 7.92. The second-order valence-electron chi connectivity index (χ2n) is 5.57. The van der Waals surface area contributed by atoms with Crippen LogP contribution < -0.4 is 9.47 Å². The minimum absolute atomic E-state index is 0.0834. The van der Waals surface area contributed by atoms with E-state index in [1.165, 1.54) is 30.7 Å². The fourth-order valence-electron chi connectivity index (χ4n) is 2.79. The van der Waals surface area contributed by atoms with Crippen LogP contribution in [0.2, 0.25) is 0 Å². The van der Waals surface area contributed by atoms with Crippen molar-refractivity contribution in [2.75, 3.05) is 33.1 Å². The number of piperidine rings is 1. The van der Waals surface area contributed by atoms with Gasteiger partial charge >= 0.3 is 0 Å². The molecule has 0 unspecified atom stereocenters. The quantitative estimate of drug-likeness (QED) is 0.742. The van der Waals surface area contributed by atoms with Crippen molar-refractivity contribution >= 4 is 19.9 Å². The fourth-order valence-corrected chi connectivity index (χ4v) is 5.68. The summed E-state index contributed by atoms with van der Waals surface area (Å²) >= 11 is 0. The molecule has 0 aliphatic carbocycles. The Kier molecular flexibility index (Phi) is 5.77. The maximum absolute atomic E-state index is 12.8. The van der Waals surface area contributed by atoms with Crippen LogP contribution in [-0.2, 0) is 19.9 Å². The van der Waals surface area contributed by atoms with Gasteiger partial charge in [-0.3, -0.25) is 0 Å². The zero-order chi connectivity index (χ0) is 18.0. The van der Waals surface area contributed by atoms with Gasteiger partial charge in [0.05, 0.1) is 24.4 Å². The third-order valence-electron chi connectivity index (χ3n) is 4.30. The van der Waals surface area contributed by atoms with Gasteiger partial charge in [-0.2, -0.15) is 4.31 Å². The van der Waals surface area contributed by atoms with E-state index in [2.05, 4.69) is 0 Å². The molecule has 24 heavy (non-hydrogen) atoms. The van der Waals surface area contributed by atoms with Gasteiger partial charge in [0.15, 0.2) is 21.3 Å². The Balaban J connectivity index is 2.21. The summed E-state index contributed by atoms with van der Waals surface area (Å²) in [4.78, 5) is 0.108. The molecule has 9 heteroatoms. The Bertz CT molecular complexity index is 780. The molecule has 1 aromatic carbocycles. The van der Waals surface area contributed by atoms with Crippen LogP contribution in [0.15, 0.2) is 23.1 Å². The van der Waals surface area contributed by atoms with Crippen LogP contribution in [0, 0.1) is 0 Å². The Morgan fingerprint density at radius 3 is 2.12 bits per heavy atom. The van der Waals surface area contributed by atoms with Crippen LogP contribution in [-0.4, -0.2) is 59.5 Å². The molecule has 0 N–H and O–H groups in total. The number of benzene rings is 1. The molecule has 2 rings (SSSR count). The van der Waals surface area contributed by atoms with Crippen molar-refractivity contribution in [3.05, 3.63) is 18.2 Å². The number of hydrogen-bond acceptors (Lipinski definition) is 6. The van der Waals surface area contributed by atoms with Crippen molar-refractivity contribution < 1.29 is 26.3 Å². The molecule has 7 nitrogen and oxygen atoms in total. The number of sulfonamides is 1. The summed E-state index contributed by atoms with van der Waals surface area (Å²) < 4.78 is 61.0. The van der Waals surface area contributed by atoms with E-state index in [4.69, 9.17) is 9.47 Å². The number of hydrogen-bond donors (Lipinski definition) is 0. The van der Waals surface area contributed by atoms with E-state index >= 15 is 0 Å². The predicted molar refractivity (Wildman–Crippen MR) is 90.8 cm³/mol. The highest BCUT2D eigenvalue weighted by atomic mass is 32.2. The van der Waals surface area contributed by atoms with Gasteiger partial charge in [0, 0.05) is 24.9 Å². The van der Waals surface area contributed by atoms with Gasteiger partial charge in [0.1, 0.15) is 0 Å². The summed E-state index contributed by atoms with van der Waals surface area (Å²) in [6, 6.07) is 4.43. The van der Waals surface area contributed by atoms with Crippen LogP contribution in [0.3, 0.4) is 0 Å². The maximum Gasteiger partial charge on any atom is 0.243 e. The summed E-state index contributed by atoms with van der Waals surface area (Å²) in [5.41, 5.74) is 0. The summed E-state index contributed by atoms with van der Waals surface area (Å²) in [6.45, 7) is 2.00. The average Bonchev–Trinajstić information content (AvgIpc) is 2.61. The van der Waals surface area contributed by atoms with Crippen LogP contribution in [0.5, 0.6) is 11.5 Å². The van der Waals surface area contributed by atoms with Crippen LogP contribution in [0.25, 0.3) is 0 Å². The average molecular weight is 377 g/mol. The zero-order valence-electron chi connectivity index (χ0n) is 14.1. The monoisotopic (exact) mass is 377 g/mol. The van der Waals surface area contributed by atoms with E-state index in [1.807, 2.05) is 0 Å². The number of methoxy groups -OCH3 is 2. The lowest BCUT2D eigenvalue weighted by atomic mass is 10.2. The highest BCUT2D eigenvalue weighted by Gasteiger charge is 2.34. The number of ether oxygens (including phenoxy) is 2. The summed E-state index contributed by atoms with van der Waals surface area (Å²) in [5.74, 6) is 0.867. The van der Waals surface area contributed by atoms with E-state index in [9.17, 15) is 16.8 Å². The number of rotatable bonds is 6. The molecule has 1 heterocycles. The molecule has 0 radical (unpaired) electrons. The Morgan fingerprint density at radius 1 is 1.04 bits per heavy atom. The first-order valence-electron chi connectivity index (χ1n) is 7.70. The van der Waals surface area contributed by atoms with Crippen molar-refractivity contribution in [3.8, 4) is 11.5 Å². The molecular weight excluding hydrogens is 354 g/mol. The van der Waals surface area contributed by atoms with Gasteiger partial charge in [-0.25, -0.2) is 16.8 Å². The van der Waals surface area contributed by atoms with E-state index in [0.29, 0.717) is 24.3 Å². The van der Waals surface area contributed by atoms with E-state index in [-0.39, 0.29) is 23.7 Å². The summed E-state index contributed by atoms with van der Waals surface area (Å²) in [6.07, 6.45) is 0.644. The van der Waals surface area contributed by atoms with E-state index in [0.717, 1.165) is 0 Å². The second-order valence-corrected chi connectivity index (χ2v) is 10.1. The minimum Gasteiger partial charge on any atom is -0.493 e. The Hall–Kier alpha value is -1.32. The van der Waals surface area contributed by atoms with E-state index < -0.39 is 25.1 Å². The first-order chi connectivity index (χ1) is 11.3. The topological polar surface area (TPSA) is 90.0 Å². The molecule has 0 aromatic heterocycles. The molecule has 0 bridgehead atoms. The summed E-state index contributed by atoms with van der Waals surface area (Å²) in [5, 5.41) is -0.459. The van der Waals surface area contributed by atoms with Gasteiger partial charge < -0.3 is 9.47 Å². The highest BCUT2D eigenvalue weighted by Crippen LogP contribution is 2.31. The van der Waals surface area contributed by atoms with Gasteiger partial charge in [-0.05, 0) is 25.0 Å². The smallest absolute Gasteiger partial charge is 0.243 e. The lowest BCUT2D eigenvalue weighted by Gasteiger charge is -2.30. The molecule has 1 aliphatic heterocycles. The maximum atomic E-state index is 12.8. The van der Waals surface area contributed by atoms with Crippen molar-refractivity contribution in [2.24, 2.45) is 0 Å². The largest absolute Gasteiger partial charge is 0.493 e. The van der Waals surface area contributed by atoms with E-state index in [1.54, 1.807) is 13.0 Å². The number of nitrogens with zero attached hydrogens (tertiary/aromatic N) is 1. The molecule has 0 saturated carbocycles. The molecule has 0 amide bonds. The van der Waals surface area contributed by atoms with Crippen molar-refractivity contribution in [1.82, 2.24) is 4.31 Å². The van der Waals surface area contributed by atoms with Crippen molar-refractivity contribution in [3.63, 3.8) is 0 Å². The predicted octanol–water partition coefficient (Wildman–Crippen LogP) is 1.29. The standard InChI is InChI=1S/C15H23NO6S2/c1-4-23(17,18)12-7-9-16(10-8-12)24(19,20)13-5-6-14(21-2)15(11-13)22-3/h5-6,11-12H,4,7-10H2,1-3H3. The molecule has 136 valence electrons. The lowest BCUT2D eigenvalue weighted by Crippen LogP contribution is -2.42. The van der Waals surface area contributed by atoms with Crippen LogP contribution >= 0.6 is 0 Å². The third kappa shape index (κ3) is 3.68. The van der Waals surface area contributed by atoms with Gasteiger partial charge in [0.2, 0.25) is 10.0 Å². The first-order valence-corrected chi connectivity index (χ1v) is 10.9. The minimum atomic E-state index is -3.69. The zero-order valence-corrected chi connectivity index (χ0v) is 15.7. The molecular formula is C15H23NO6S2. The SMILES string of the molecule is CCS(=O)(=O)C1CCN(S(=O)(=O)c2ccc(OC)c(OC)c2)CC1. The van der Waals surface area contributed by atoms with Gasteiger partial charge in [0.25, 0.3) is 0 Å². The molecule has 1 saturated heterocycles. The first kappa shape index (κ1) is 19.0. The third-order valence-corrected chi connectivity index (χ3v) is 8.49. The molecule has 0 atom stereocenters. The van der Waals surface area contributed by atoms with Crippen molar-refractivity contribution in [2.45, 2.75) is 29.9 Å². The van der Waals surface area contributed by atoms with Crippen LogP contribution in [0.4, 0.5) is 0 Å². The second kappa shape index (κ2) is 7.28. The van der Waals surface area contributed by atoms with Crippen LogP contribution in [0.1, 0.15) is 19.8 Å². The Labute approximate surface area is 143 Å². The molecule has 1 aromatic rings. The molecule has 1 aliphatic rings. The molecule has 0 spiro atoms. The summed E-state index contributed by atoms with van der Waals surface area (Å²) in [7, 11) is -3.91. The normalized spacial score (nSPS) is 17.6. The Morgan fingerprint density at radius 2 is 1.62 bits per heavy atom. The van der Waals surface area contributed by atoms with Crippen molar-refractivity contribution in [1.29, 1.82) is 0 Å². The molecule has 1 fully saturated rings. The van der Waals surface area contributed by atoms with Gasteiger partial charge in [-0.15, -0.1) is 0 Å². The number of sulfone groups is 1. The van der Waals surface area contributed by atoms with Gasteiger partial charge in [-0.1, -0.05) is 6.92 Å². The fraction of sp³-hybridized carbons (Fsp3) is 0.600. The lowest BCUT2D eigenvalue weighted by molar-refractivity contribution is 0.343.